The summed E-state index contributed by atoms with van der Waals surface area (Å²) < 4.78 is 16.1. The summed E-state index contributed by atoms with van der Waals surface area (Å²) in [5.41, 5.74) is 5.19. The first-order valence-corrected chi connectivity index (χ1v) is 26.6. The van der Waals surface area contributed by atoms with Crippen LogP contribution in [0.15, 0.2) is 181 Å². The summed E-state index contributed by atoms with van der Waals surface area (Å²) in [5.74, 6) is 0.933. The number of aliphatic hydroxyl groups is 1. The van der Waals surface area contributed by atoms with Gasteiger partial charge in [0.15, 0.2) is 0 Å². The van der Waals surface area contributed by atoms with Gasteiger partial charge >= 0.3 is 0 Å². The molecule has 7 rings (SSSR count). The minimum Gasteiger partial charge on any atom is -0.404 e. The Hall–Kier alpha value is -4.11. The number of rotatable bonds is 12. The Kier molecular flexibility index (Phi) is 13.5. The molecule has 61 heavy (non-hydrogen) atoms. The molecule has 0 amide bonds. The zero-order chi connectivity index (χ0) is 43.5. The van der Waals surface area contributed by atoms with E-state index < -0.39 is 16.6 Å². The van der Waals surface area contributed by atoms with Crippen LogP contribution < -0.4 is 20.7 Å². The molecule has 3 fully saturated rings. The normalized spacial score (nSPS) is 25.3. The van der Waals surface area contributed by atoms with Gasteiger partial charge in [0.05, 0.1) is 18.8 Å². The molecule has 0 spiro atoms. The largest absolute Gasteiger partial charge is 0.404 e. The summed E-state index contributed by atoms with van der Waals surface area (Å²) in [6.07, 6.45) is 15.8. The summed E-state index contributed by atoms with van der Waals surface area (Å²) in [7, 11) is -5.85. The Balaban J connectivity index is 1.36. The van der Waals surface area contributed by atoms with Crippen molar-refractivity contribution in [2.24, 2.45) is 17.3 Å². The molecule has 4 aromatic rings. The lowest BCUT2D eigenvalue weighted by molar-refractivity contribution is 0.102. The molecule has 320 valence electrons. The molecule has 5 atom stereocenters. The quantitative estimate of drug-likeness (QED) is 0.114. The van der Waals surface area contributed by atoms with Crippen molar-refractivity contribution < 1.29 is 14.0 Å². The summed E-state index contributed by atoms with van der Waals surface area (Å²) >= 11 is 0. The lowest BCUT2D eigenvalue weighted by Gasteiger charge is -2.49. The molecule has 5 heteroatoms. The van der Waals surface area contributed by atoms with Crippen molar-refractivity contribution in [1.82, 2.24) is 0 Å². The fraction of sp³-hybridized carbons (Fsp3) is 0.393. The second-order valence-corrected chi connectivity index (χ2v) is 28.8. The molecule has 3 aliphatic carbocycles. The van der Waals surface area contributed by atoms with Crippen LogP contribution in [0.3, 0.4) is 0 Å². The van der Waals surface area contributed by atoms with Crippen LogP contribution in [0.4, 0.5) is 0 Å². The maximum atomic E-state index is 9.52. The van der Waals surface area contributed by atoms with Crippen molar-refractivity contribution in [2.75, 3.05) is 6.61 Å². The number of hydrogen-bond donors (Lipinski definition) is 1. The van der Waals surface area contributed by atoms with Crippen LogP contribution >= 0.6 is 0 Å². The second kappa shape index (κ2) is 18.3. The van der Waals surface area contributed by atoms with E-state index in [-0.39, 0.29) is 34.3 Å². The smallest absolute Gasteiger partial charge is 0.261 e. The highest BCUT2D eigenvalue weighted by atomic mass is 28.4. The molecule has 0 saturated heterocycles. The minimum absolute atomic E-state index is 0.0516. The average Bonchev–Trinajstić information content (AvgIpc) is 3.62. The van der Waals surface area contributed by atoms with E-state index in [0.717, 1.165) is 36.8 Å². The summed E-state index contributed by atoms with van der Waals surface area (Å²) in [4.78, 5) is 0. The Morgan fingerprint density at radius 2 is 1.20 bits per heavy atom. The fourth-order valence-electron chi connectivity index (χ4n) is 11.7. The van der Waals surface area contributed by atoms with Crippen molar-refractivity contribution >= 4 is 37.4 Å². The van der Waals surface area contributed by atoms with E-state index >= 15 is 0 Å². The van der Waals surface area contributed by atoms with Crippen LogP contribution in [0.2, 0.25) is 10.1 Å². The van der Waals surface area contributed by atoms with Crippen molar-refractivity contribution in [1.29, 1.82) is 0 Å². The monoisotopic (exact) mass is 846 g/mol. The van der Waals surface area contributed by atoms with E-state index in [1.807, 2.05) is 6.08 Å². The third-order valence-electron chi connectivity index (χ3n) is 14.6. The van der Waals surface area contributed by atoms with Gasteiger partial charge in [0.1, 0.15) is 0 Å². The zero-order valence-corrected chi connectivity index (χ0v) is 40.0. The van der Waals surface area contributed by atoms with Gasteiger partial charge in [-0.2, -0.15) is 0 Å². The molecule has 0 unspecified atom stereocenters. The molecule has 1 N–H and O–H groups in total. The van der Waals surface area contributed by atoms with E-state index in [0.29, 0.717) is 11.8 Å². The van der Waals surface area contributed by atoms with Crippen LogP contribution in [-0.2, 0) is 8.85 Å². The number of aliphatic hydroxyl groups excluding tert-OH is 1. The van der Waals surface area contributed by atoms with E-state index in [1.54, 1.807) is 5.57 Å². The van der Waals surface area contributed by atoms with Gasteiger partial charge in [0.2, 0.25) is 0 Å². The van der Waals surface area contributed by atoms with E-state index in [4.69, 9.17) is 15.4 Å². The molecule has 3 nitrogen and oxygen atoms in total. The molecular weight excluding hydrogens is 777 g/mol. The van der Waals surface area contributed by atoms with Gasteiger partial charge in [-0.05, 0) is 97.7 Å². The summed E-state index contributed by atoms with van der Waals surface area (Å²) in [6.45, 7) is 26.2. The average molecular weight is 847 g/mol. The van der Waals surface area contributed by atoms with Crippen molar-refractivity contribution in [3.63, 3.8) is 0 Å². The first kappa shape index (κ1) is 44.9. The summed E-state index contributed by atoms with van der Waals surface area (Å²) in [5, 5.41) is 14.3. The number of fused-ring (bicyclic) bond motifs is 1. The minimum atomic E-state index is -2.95. The van der Waals surface area contributed by atoms with E-state index in [9.17, 15) is 5.11 Å². The molecule has 0 aromatic heterocycles. The lowest BCUT2D eigenvalue weighted by atomic mass is 9.62. The van der Waals surface area contributed by atoms with Gasteiger partial charge in [0, 0.05) is 6.42 Å². The zero-order valence-electron chi connectivity index (χ0n) is 38.0. The Morgan fingerprint density at radius 1 is 0.721 bits per heavy atom. The van der Waals surface area contributed by atoms with Gasteiger partial charge < -0.3 is 14.0 Å². The molecule has 4 aromatic carbocycles. The highest BCUT2D eigenvalue weighted by molar-refractivity contribution is 7.00. The summed E-state index contributed by atoms with van der Waals surface area (Å²) in [6, 6.07) is 44.2. The third kappa shape index (κ3) is 8.66. The molecule has 3 aliphatic rings. The van der Waals surface area contributed by atoms with Crippen LogP contribution in [0, 0.1) is 17.3 Å². The van der Waals surface area contributed by atoms with Gasteiger partial charge in [-0.25, -0.2) is 0 Å². The Bertz CT molecular complexity index is 2130. The maximum absolute atomic E-state index is 9.52. The van der Waals surface area contributed by atoms with Crippen molar-refractivity contribution in [3.8, 4) is 0 Å². The molecule has 0 bridgehead atoms. The Labute approximate surface area is 370 Å². The molecule has 0 radical (unpaired) electrons. The first-order chi connectivity index (χ1) is 29.2. The van der Waals surface area contributed by atoms with Gasteiger partial charge in [-0.1, -0.05) is 218 Å². The lowest BCUT2D eigenvalue weighted by Crippen LogP contribution is -2.69. The molecule has 0 aliphatic heterocycles. The fourth-order valence-corrected chi connectivity index (χ4v) is 21.0. The molecule has 3 saturated carbocycles. The Morgan fingerprint density at radius 3 is 1.66 bits per heavy atom. The van der Waals surface area contributed by atoms with Crippen molar-refractivity contribution in [3.05, 3.63) is 181 Å². The second-order valence-electron chi connectivity index (χ2n) is 20.3. The predicted molar refractivity (Wildman–Crippen MR) is 263 cm³/mol. The molecular formula is C56H70O3Si2. The van der Waals surface area contributed by atoms with E-state index in [1.165, 1.54) is 45.6 Å². The van der Waals surface area contributed by atoms with E-state index in [2.05, 4.69) is 195 Å². The van der Waals surface area contributed by atoms with Crippen LogP contribution in [0.25, 0.3) is 0 Å². The highest BCUT2D eigenvalue weighted by Gasteiger charge is 2.55. The topological polar surface area (TPSA) is 38.7 Å². The number of allylic oxidation sites excluding steroid dienone is 5. The highest BCUT2D eigenvalue weighted by Crippen LogP contribution is 2.59. The third-order valence-corrected chi connectivity index (χ3v) is 24.7. The standard InChI is InChI=1S/C56H70O3Si2/c1-42(24-23-39-57)51-36-37-52-44(25-22-38-56(51,52)9)34-35-45-40-46(58-60(54(3,4)5,47-26-14-10-15-27-47)48-28-16-11-17-29-48)41-53(43(45)2)59-61(55(6,7)8,49-30-18-12-19-31-49)50-32-20-13-21-33-50/h10-21,23-24,26-35,46,51-53,57H,1-2,22,25,36-41H2,3-9H3/b24-23+,44-34+,45-35-/t46-,51-,52+,53+,56-/m1/s1. The van der Waals surface area contributed by atoms with Gasteiger partial charge in [0.25, 0.3) is 16.6 Å². The SMILES string of the molecule is C=C1/C(=C\C=C2/CCC[C@]3(C)[C@@H](C(=C)/C=C/CO)CC[C@@H]23)C[C@@H](O[Si](c2ccccc2)(c2ccccc2)C(C)(C)C)C[C@@H]1O[Si](c1ccccc1)(c1ccccc1)C(C)(C)C. The molecule has 0 heterocycles. The van der Waals surface area contributed by atoms with Crippen LogP contribution in [0.1, 0.15) is 93.4 Å². The van der Waals surface area contributed by atoms with Crippen LogP contribution in [-0.4, -0.2) is 40.6 Å². The van der Waals surface area contributed by atoms with Gasteiger partial charge in [-0.3, -0.25) is 0 Å². The van der Waals surface area contributed by atoms with Gasteiger partial charge in [-0.15, -0.1) is 0 Å². The number of benzene rings is 4. The first-order valence-electron chi connectivity index (χ1n) is 22.8. The predicted octanol–water partition coefficient (Wildman–Crippen LogP) is 11.4. The van der Waals surface area contributed by atoms with Crippen molar-refractivity contribution in [2.45, 2.75) is 116 Å². The maximum Gasteiger partial charge on any atom is 0.261 e. The number of hydrogen-bond acceptors (Lipinski definition) is 3. The van der Waals surface area contributed by atoms with Crippen LogP contribution in [0.5, 0.6) is 0 Å².